The highest BCUT2D eigenvalue weighted by Crippen LogP contribution is 2.55. The van der Waals surface area contributed by atoms with Crippen LogP contribution in [-0.2, 0) is 4.79 Å². The summed E-state index contributed by atoms with van der Waals surface area (Å²) in [5, 5.41) is 29.6. The number of rotatable bonds is 8. The molecule has 2 fully saturated rings. The lowest BCUT2D eigenvalue weighted by Crippen LogP contribution is -2.50. The van der Waals surface area contributed by atoms with E-state index < -0.39 is 18.2 Å². The number of unbranched alkanes of at least 4 members (excludes halogenated alkanes) is 1. The molecule has 0 heterocycles. The third kappa shape index (κ3) is 5.83. The molecule has 0 aromatic rings. The molecule has 0 aromatic carbocycles. The molecule has 0 aromatic heterocycles. The Hall–Kier alpha value is -1.31. The molecule has 0 spiro atoms. The van der Waals surface area contributed by atoms with Crippen LogP contribution in [-0.4, -0.2) is 33.5 Å². The van der Waals surface area contributed by atoms with Gasteiger partial charge in [0.15, 0.2) is 0 Å². The van der Waals surface area contributed by atoms with Crippen molar-refractivity contribution in [2.24, 2.45) is 29.6 Å². The molecule has 2 aliphatic carbocycles. The van der Waals surface area contributed by atoms with Crippen molar-refractivity contribution in [2.45, 2.75) is 84.3 Å². The lowest BCUT2D eigenvalue weighted by Gasteiger charge is -2.53. The number of carboxylic acids is 1. The number of hydrogen-bond donors (Lipinski definition) is 3. The predicted octanol–water partition coefficient (Wildman–Crippen LogP) is 4.01. The van der Waals surface area contributed by atoms with E-state index >= 15 is 0 Å². The van der Waals surface area contributed by atoms with E-state index in [9.17, 15) is 15.0 Å². The zero-order valence-corrected chi connectivity index (χ0v) is 17.0. The van der Waals surface area contributed by atoms with Crippen LogP contribution in [0.2, 0.25) is 0 Å². The Balaban J connectivity index is 1.96. The number of allylic oxidation sites excluding steroid dienone is 2. The van der Waals surface area contributed by atoms with E-state index in [1.165, 1.54) is 18.4 Å². The van der Waals surface area contributed by atoms with Gasteiger partial charge in [0.25, 0.3) is 0 Å². The number of carboxylic acid groups (broad SMARTS) is 1. The molecule has 0 bridgehead atoms. The van der Waals surface area contributed by atoms with E-state index in [0.717, 1.165) is 19.3 Å². The molecule has 4 nitrogen and oxygen atoms in total. The molecule has 3 N–H and O–H groups in total. The summed E-state index contributed by atoms with van der Waals surface area (Å²) in [6.45, 7) is 6.49. The summed E-state index contributed by atoms with van der Waals surface area (Å²) < 4.78 is 0. The molecule has 4 heteroatoms. The second-order valence-corrected chi connectivity index (χ2v) is 8.57. The fourth-order valence-electron chi connectivity index (χ4n) is 4.91. The van der Waals surface area contributed by atoms with Crippen molar-refractivity contribution >= 4 is 5.97 Å². The minimum absolute atomic E-state index is 0.0871. The average Bonchev–Trinajstić information content (AvgIpc) is 2.62. The molecule has 7 atom stereocenters. The lowest BCUT2D eigenvalue weighted by atomic mass is 9.51. The molecule has 152 valence electrons. The summed E-state index contributed by atoms with van der Waals surface area (Å²) in [6, 6.07) is 0. The Bertz CT molecular complexity index is 585. The van der Waals surface area contributed by atoms with Crippen molar-refractivity contribution in [2.75, 3.05) is 0 Å². The highest BCUT2D eigenvalue weighted by Gasteiger charge is 2.50. The minimum Gasteiger partial charge on any atom is -0.481 e. The third-order valence-electron chi connectivity index (χ3n) is 6.43. The SMILES string of the molecule is CCCC[C@@H](C)CC(O)C#C[C@@H]1[C@H]2C(C)C(=CCCC(=O)O)[C@H]2CC[C@H]1O. The second kappa shape index (κ2) is 10.3. The Morgan fingerprint density at radius 2 is 2.11 bits per heavy atom. The first-order valence-electron chi connectivity index (χ1n) is 10.6. The van der Waals surface area contributed by atoms with Gasteiger partial charge in [0.05, 0.1) is 12.0 Å². The molecule has 0 radical (unpaired) electrons. The van der Waals surface area contributed by atoms with Gasteiger partial charge in [-0.15, -0.1) is 0 Å². The predicted molar refractivity (Wildman–Crippen MR) is 107 cm³/mol. The molecular weight excluding hydrogens is 340 g/mol. The molecule has 0 saturated heterocycles. The lowest BCUT2D eigenvalue weighted by molar-refractivity contribution is -0.136. The van der Waals surface area contributed by atoms with Gasteiger partial charge in [-0.3, -0.25) is 4.79 Å². The molecule has 2 rings (SSSR count). The number of carbonyl (C=O) groups is 1. The van der Waals surface area contributed by atoms with Crippen molar-refractivity contribution in [1.29, 1.82) is 0 Å². The Morgan fingerprint density at radius 1 is 1.37 bits per heavy atom. The van der Waals surface area contributed by atoms with Crippen molar-refractivity contribution in [1.82, 2.24) is 0 Å². The molecule has 2 saturated carbocycles. The van der Waals surface area contributed by atoms with E-state index in [1.54, 1.807) is 0 Å². The van der Waals surface area contributed by atoms with Crippen LogP contribution < -0.4 is 0 Å². The van der Waals surface area contributed by atoms with Crippen LogP contribution in [0.1, 0.15) is 72.1 Å². The van der Waals surface area contributed by atoms with Crippen LogP contribution in [0.5, 0.6) is 0 Å². The van der Waals surface area contributed by atoms with Crippen LogP contribution in [0.25, 0.3) is 0 Å². The van der Waals surface area contributed by atoms with Crippen LogP contribution in [0.4, 0.5) is 0 Å². The fourth-order valence-corrected chi connectivity index (χ4v) is 4.91. The Kier molecular flexibility index (Phi) is 8.38. The van der Waals surface area contributed by atoms with Crippen LogP contribution in [0.3, 0.4) is 0 Å². The van der Waals surface area contributed by atoms with E-state index in [2.05, 4.69) is 38.7 Å². The molecule has 2 aliphatic rings. The largest absolute Gasteiger partial charge is 0.481 e. The normalized spacial score (nSPS) is 33.4. The standard InChI is InChI=1S/C23H36O4/c1-4-5-7-15(2)14-17(24)10-11-20-21(25)13-12-19-18(16(3)23(19)20)8-6-9-22(26)27/h8,15-17,19-21,23-25H,4-7,9,12-14H2,1-3H3,(H,26,27)/t15-,16?,17?,19-,20+,21-,23+/m1/s1. The summed E-state index contributed by atoms with van der Waals surface area (Å²) in [5.41, 5.74) is 1.34. The first-order valence-corrected chi connectivity index (χ1v) is 10.6. The van der Waals surface area contributed by atoms with Crippen molar-refractivity contribution in [3.63, 3.8) is 0 Å². The van der Waals surface area contributed by atoms with Crippen molar-refractivity contribution in [3.05, 3.63) is 11.6 Å². The van der Waals surface area contributed by atoms with Gasteiger partial charge in [-0.1, -0.05) is 63.5 Å². The number of aliphatic carboxylic acids is 1. The molecule has 0 aliphatic heterocycles. The summed E-state index contributed by atoms with van der Waals surface area (Å²) in [7, 11) is 0. The molecule has 27 heavy (non-hydrogen) atoms. The number of aliphatic hydroxyl groups excluding tert-OH is 2. The van der Waals surface area contributed by atoms with Crippen LogP contribution >= 0.6 is 0 Å². The van der Waals surface area contributed by atoms with E-state index in [-0.39, 0.29) is 12.3 Å². The zero-order chi connectivity index (χ0) is 20.0. The van der Waals surface area contributed by atoms with E-state index in [0.29, 0.717) is 36.5 Å². The highest BCUT2D eigenvalue weighted by atomic mass is 16.4. The minimum atomic E-state index is -0.764. The summed E-state index contributed by atoms with van der Waals surface area (Å²) >= 11 is 0. The molecule has 2 unspecified atom stereocenters. The van der Waals surface area contributed by atoms with E-state index in [4.69, 9.17) is 5.11 Å². The average molecular weight is 377 g/mol. The van der Waals surface area contributed by atoms with Gasteiger partial charge >= 0.3 is 5.97 Å². The van der Waals surface area contributed by atoms with E-state index in [1.807, 2.05) is 0 Å². The van der Waals surface area contributed by atoms with Crippen molar-refractivity contribution in [3.8, 4) is 11.8 Å². The first-order chi connectivity index (χ1) is 12.8. The van der Waals surface area contributed by atoms with Gasteiger partial charge in [0.2, 0.25) is 0 Å². The first kappa shape index (κ1) is 22.0. The summed E-state index contributed by atoms with van der Waals surface area (Å²) in [4.78, 5) is 10.7. The topological polar surface area (TPSA) is 77.8 Å². The number of hydrogen-bond acceptors (Lipinski definition) is 3. The van der Waals surface area contributed by atoms with Gasteiger partial charge in [0, 0.05) is 6.42 Å². The quantitative estimate of drug-likeness (QED) is 0.442. The van der Waals surface area contributed by atoms with Gasteiger partial charge in [-0.25, -0.2) is 0 Å². The number of aliphatic hydroxyl groups is 2. The fraction of sp³-hybridized carbons (Fsp3) is 0.783. The maximum absolute atomic E-state index is 10.7. The van der Waals surface area contributed by atoms with Crippen molar-refractivity contribution < 1.29 is 20.1 Å². The third-order valence-corrected chi connectivity index (χ3v) is 6.43. The Labute approximate surface area is 164 Å². The molecule has 0 amide bonds. The van der Waals surface area contributed by atoms with Crippen LogP contribution in [0, 0.1) is 41.4 Å². The Morgan fingerprint density at radius 3 is 2.78 bits per heavy atom. The van der Waals surface area contributed by atoms with Gasteiger partial charge in [0.1, 0.15) is 6.10 Å². The van der Waals surface area contributed by atoms with Gasteiger partial charge in [-0.2, -0.15) is 0 Å². The number of fused-ring (bicyclic) bond motifs is 1. The maximum Gasteiger partial charge on any atom is 0.303 e. The summed E-state index contributed by atoms with van der Waals surface area (Å²) in [6.07, 6.45) is 7.63. The second-order valence-electron chi connectivity index (χ2n) is 8.57. The van der Waals surface area contributed by atoms with Gasteiger partial charge < -0.3 is 15.3 Å². The zero-order valence-electron chi connectivity index (χ0n) is 17.0. The smallest absolute Gasteiger partial charge is 0.303 e. The highest BCUT2D eigenvalue weighted by molar-refractivity contribution is 5.66. The maximum atomic E-state index is 10.7. The van der Waals surface area contributed by atoms with Crippen LogP contribution in [0.15, 0.2) is 11.6 Å². The summed E-state index contributed by atoms with van der Waals surface area (Å²) in [5.74, 6) is 6.91. The monoisotopic (exact) mass is 376 g/mol. The molecular formula is C23H36O4. The van der Waals surface area contributed by atoms with Gasteiger partial charge in [-0.05, 0) is 49.4 Å².